The highest BCUT2D eigenvalue weighted by molar-refractivity contribution is 5.99. The fraction of sp³-hybridized carbons (Fsp3) is 0.385. The van der Waals surface area contributed by atoms with Gasteiger partial charge >= 0.3 is 0 Å². The number of primary amides is 1. The van der Waals surface area contributed by atoms with Crippen LogP contribution in [0.2, 0.25) is 0 Å². The Morgan fingerprint density at radius 1 is 1.09 bits per heavy atom. The molecule has 1 unspecified atom stereocenters. The zero-order valence-corrected chi connectivity index (χ0v) is 18.4. The van der Waals surface area contributed by atoms with Gasteiger partial charge in [0.25, 0.3) is 0 Å². The van der Waals surface area contributed by atoms with E-state index in [1.165, 1.54) is 11.1 Å². The fourth-order valence-electron chi connectivity index (χ4n) is 5.26. The summed E-state index contributed by atoms with van der Waals surface area (Å²) in [6.45, 7) is 2.57. The number of methoxy groups -OCH3 is 1. The van der Waals surface area contributed by atoms with Gasteiger partial charge in [0.15, 0.2) is 0 Å². The maximum absolute atomic E-state index is 13.1. The number of nitrogens with two attached hydrogens (primary N) is 1. The molecule has 0 saturated carbocycles. The van der Waals surface area contributed by atoms with Crippen LogP contribution in [0.1, 0.15) is 40.7 Å². The van der Waals surface area contributed by atoms with E-state index in [1.807, 2.05) is 35.2 Å². The summed E-state index contributed by atoms with van der Waals surface area (Å²) in [5, 5.41) is 0. The Kier molecular flexibility index (Phi) is 5.47. The Labute approximate surface area is 188 Å². The fourth-order valence-corrected chi connectivity index (χ4v) is 5.26. The molecule has 32 heavy (non-hydrogen) atoms. The number of nitrogens with zero attached hydrogens (tertiary/aromatic N) is 1. The maximum Gasteiger partial charge on any atom is 0.249 e. The molecular formula is C26H28N2O4. The molecule has 0 bridgehead atoms. The number of morpholine rings is 1. The van der Waals surface area contributed by atoms with Crippen LogP contribution in [0.15, 0.2) is 42.0 Å². The summed E-state index contributed by atoms with van der Waals surface area (Å²) in [7, 11) is 1.64. The molecule has 0 spiro atoms. The number of rotatable bonds is 4. The molecule has 1 heterocycles. The predicted molar refractivity (Wildman–Crippen MR) is 122 cm³/mol. The highest BCUT2D eigenvalue weighted by Crippen LogP contribution is 2.46. The van der Waals surface area contributed by atoms with Crippen LogP contribution in [0.5, 0.6) is 5.75 Å². The van der Waals surface area contributed by atoms with Gasteiger partial charge in [-0.25, -0.2) is 0 Å². The van der Waals surface area contributed by atoms with Crippen LogP contribution in [-0.4, -0.2) is 50.1 Å². The third kappa shape index (κ3) is 3.69. The van der Waals surface area contributed by atoms with E-state index in [0.717, 1.165) is 53.7 Å². The van der Waals surface area contributed by atoms with Gasteiger partial charge in [0.05, 0.1) is 20.3 Å². The second-order valence-electron chi connectivity index (χ2n) is 8.78. The Morgan fingerprint density at radius 2 is 1.84 bits per heavy atom. The summed E-state index contributed by atoms with van der Waals surface area (Å²) in [5.41, 5.74) is 13.0. The summed E-state index contributed by atoms with van der Waals surface area (Å²) in [4.78, 5) is 27.4. The number of amides is 2. The van der Waals surface area contributed by atoms with E-state index in [4.69, 9.17) is 15.2 Å². The van der Waals surface area contributed by atoms with Gasteiger partial charge in [-0.2, -0.15) is 0 Å². The molecule has 6 heteroatoms. The molecule has 1 atom stereocenters. The van der Waals surface area contributed by atoms with Crippen molar-refractivity contribution in [1.29, 1.82) is 0 Å². The van der Waals surface area contributed by atoms with Crippen LogP contribution < -0.4 is 10.5 Å². The summed E-state index contributed by atoms with van der Waals surface area (Å²) in [5.74, 6) is 0.596. The largest absolute Gasteiger partial charge is 0.497 e. The standard InChI is InChI=1S/C26H28N2O4/c1-31-20-6-4-16(5-7-20)19-14-22-21-13-18(26(30)28-8-10-32-11-9-28)3-2-17(21)12-23(22)24(15-19)25(27)29/h4-7,14-15,18H,2-3,8-13H2,1H3,(H2,27,29). The molecule has 0 aromatic heterocycles. The van der Waals surface area contributed by atoms with E-state index in [-0.39, 0.29) is 11.8 Å². The van der Waals surface area contributed by atoms with E-state index in [1.54, 1.807) is 7.11 Å². The predicted octanol–water partition coefficient (Wildman–Crippen LogP) is 3.43. The molecule has 6 nitrogen and oxygen atoms in total. The van der Waals surface area contributed by atoms with Crippen molar-refractivity contribution in [3.8, 4) is 16.9 Å². The van der Waals surface area contributed by atoms with Crippen LogP contribution in [0.3, 0.4) is 0 Å². The summed E-state index contributed by atoms with van der Waals surface area (Å²) in [6, 6.07) is 11.9. The first kappa shape index (κ1) is 20.8. The monoisotopic (exact) mass is 432 g/mol. The van der Waals surface area contributed by atoms with Crippen molar-refractivity contribution in [3.63, 3.8) is 0 Å². The number of fused-ring (bicyclic) bond motifs is 2. The summed E-state index contributed by atoms with van der Waals surface area (Å²) in [6.07, 6.45) is 3.23. The SMILES string of the molecule is COc1ccc(-c2cc(C(N)=O)c3c(c2)C2=C(CCC(C(=O)N4CCOCC4)C2)C3)cc1. The summed E-state index contributed by atoms with van der Waals surface area (Å²) < 4.78 is 10.7. The third-order valence-corrected chi connectivity index (χ3v) is 7.00. The molecule has 1 fully saturated rings. The van der Waals surface area contributed by atoms with Crippen molar-refractivity contribution in [1.82, 2.24) is 4.90 Å². The van der Waals surface area contributed by atoms with Crippen molar-refractivity contribution in [2.45, 2.75) is 25.7 Å². The van der Waals surface area contributed by atoms with Gasteiger partial charge in [0.1, 0.15) is 5.75 Å². The Morgan fingerprint density at radius 3 is 2.53 bits per heavy atom. The Hall–Kier alpha value is -3.12. The molecule has 166 valence electrons. The van der Waals surface area contributed by atoms with Crippen molar-refractivity contribution in [3.05, 3.63) is 58.7 Å². The van der Waals surface area contributed by atoms with E-state index in [2.05, 4.69) is 6.07 Å². The molecular weight excluding hydrogens is 404 g/mol. The number of ether oxygens (including phenoxy) is 2. The summed E-state index contributed by atoms with van der Waals surface area (Å²) >= 11 is 0. The molecule has 2 amide bonds. The quantitative estimate of drug-likeness (QED) is 0.803. The lowest BCUT2D eigenvalue weighted by molar-refractivity contribution is -0.139. The average Bonchev–Trinajstić information content (AvgIpc) is 3.21. The second kappa shape index (κ2) is 8.43. The minimum atomic E-state index is -0.405. The first-order valence-corrected chi connectivity index (χ1v) is 11.2. The first-order chi connectivity index (χ1) is 15.5. The van der Waals surface area contributed by atoms with Gasteiger partial charge in [0, 0.05) is 24.6 Å². The molecule has 1 aliphatic heterocycles. The Bertz CT molecular complexity index is 1100. The zero-order valence-electron chi connectivity index (χ0n) is 18.4. The van der Waals surface area contributed by atoms with Crippen LogP contribution >= 0.6 is 0 Å². The highest BCUT2D eigenvalue weighted by Gasteiger charge is 2.35. The average molecular weight is 433 g/mol. The van der Waals surface area contributed by atoms with E-state index in [0.29, 0.717) is 31.9 Å². The third-order valence-electron chi connectivity index (χ3n) is 7.00. The normalized spacial score (nSPS) is 20.0. The topological polar surface area (TPSA) is 81.9 Å². The lowest BCUT2D eigenvalue weighted by Gasteiger charge is -2.32. The minimum absolute atomic E-state index is 0.0144. The molecule has 2 N–H and O–H groups in total. The van der Waals surface area contributed by atoms with Gasteiger partial charge in [-0.3, -0.25) is 9.59 Å². The number of carbonyl (C=O) groups excluding carboxylic acids is 2. The van der Waals surface area contributed by atoms with Gasteiger partial charge < -0.3 is 20.1 Å². The van der Waals surface area contributed by atoms with Crippen molar-refractivity contribution in [2.75, 3.05) is 33.4 Å². The Balaban J connectivity index is 1.49. The van der Waals surface area contributed by atoms with Crippen LogP contribution in [0.25, 0.3) is 16.7 Å². The van der Waals surface area contributed by atoms with Crippen LogP contribution in [0.4, 0.5) is 0 Å². The zero-order chi connectivity index (χ0) is 22.2. The number of carbonyl (C=O) groups is 2. The van der Waals surface area contributed by atoms with Crippen molar-refractivity contribution < 1.29 is 19.1 Å². The van der Waals surface area contributed by atoms with Gasteiger partial charge in [-0.15, -0.1) is 0 Å². The van der Waals surface area contributed by atoms with Crippen LogP contribution in [0, 0.1) is 5.92 Å². The number of allylic oxidation sites excluding steroid dienone is 2. The lowest BCUT2D eigenvalue weighted by atomic mass is 9.82. The molecule has 2 aromatic rings. The van der Waals surface area contributed by atoms with E-state index in [9.17, 15) is 9.59 Å². The molecule has 1 saturated heterocycles. The molecule has 3 aliphatic rings. The van der Waals surface area contributed by atoms with Crippen molar-refractivity contribution in [2.24, 2.45) is 11.7 Å². The lowest BCUT2D eigenvalue weighted by Crippen LogP contribution is -2.44. The number of benzene rings is 2. The van der Waals surface area contributed by atoms with Crippen LogP contribution in [-0.2, 0) is 16.0 Å². The smallest absolute Gasteiger partial charge is 0.249 e. The molecule has 2 aliphatic carbocycles. The van der Waals surface area contributed by atoms with Gasteiger partial charge in [-0.05, 0) is 77.8 Å². The second-order valence-corrected chi connectivity index (χ2v) is 8.78. The van der Waals surface area contributed by atoms with E-state index < -0.39 is 5.91 Å². The number of hydrogen-bond acceptors (Lipinski definition) is 4. The molecule has 5 rings (SSSR count). The van der Waals surface area contributed by atoms with E-state index >= 15 is 0 Å². The molecule has 2 aromatic carbocycles. The number of hydrogen-bond donors (Lipinski definition) is 1. The van der Waals surface area contributed by atoms with Gasteiger partial charge in [0.2, 0.25) is 11.8 Å². The van der Waals surface area contributed by atoms with Gasteiger partial charge in [-0.1, -0.05) is 17.7 Å². The van der Waals surface area contributed by atoms with Crippen molar-refractivity contribution >= 4 is 17.4 Å². The highest BCUT2D eigenvalue weighted by atomic mass is 16.5. The first-order valence-electron chi connectivity index (χ1n) is 11.2. The minimum Gasteiger partial charge on any atom is -0.497 e. The molecule has 0 radical (unpaired) electrons. The maximum atomic E-state index is 13.1.